The van der Waals surface area contributed by atoms with Crippen LogP contribution in [-0.2, 0) is 19.6 Å². The van der Waals surface area contributed by atoms with Crippen LogP contribution < -0.4 is 15.4 Å². The number of esters is 1. The normalized spacial score (nSPS) is 11.7. The van der Waals surface area contributed by atoms with Gasteiger partial charge in [-0.05, 0) is 74.4 Å². The number of aryl methyl sites for hydroxylation is 1. The van der Waals surface area contributed by atoms with Crippen LogP contribution in [0, 0.1) is 13.8 Å². The number of ether oxygens (including phenoxy) is 1. The summed E-state index contributed by atoms with van der Waals surface area (Å²) < 4.78 is 33.1. The van der Waals surface area contributed by atoms with Gasteiger partial charge in [-0.1, -0.05) is 30.3 Å². The molecule has 0 fully saturated rings. The van der Waals surface area contributed by atoms with E-state index in [9.17, 15) is 22.8 Å². The molecule has 3 amide bonds. The lowest BCUT2D eigenvalue weighted by molar-refractivity contribution is -0.127. The molecule has 0 saturated carbocycles. The summed E-state index contributed by atoms with van der Waals surface area (Å²) in [6.07, 6.45) is -1.27. The Labute approximate surface area is 203 Å². The van der Waals surface area contributed by atoms with E-state index in [4.69, 9.17) is 4.74 Å². The summed E-state index contributed by atoms with van der Waals surface area (Å²) in [5.41, 5.74) is 2.75. The first kappa shape index (κ1) is 25.4. The van der Waals surface area contributed by atoms with Crippen molar-refractivity contribution in [3.63, 3.8) is 0 Å². The minimum atomic E-state index is -3.88. The molecule has 0 aromatic heterocycles. The molecule has 1 unspecified atom stereocenters. The van der Waals surface area contributed by atoms with Crippen LogP contribution in [-0.4, -0.2) is 32.4 Å². The van der Waals surface area contributed by atoms with Gasteiger partial charge in [0.05, 0.1) is 16.1 Å². The molecule has 0 aliphatic rings. The van der Waals surface area contributed by atoms with Gasteiger partial charge in [-0.25, -0.2) is 18.0 Å². The molecule has 0 spiro atoms. The molecule has 0 aliphatic heterocycles. The minimum Gasteiger partial charge on any atom is -0.449 e. The number of para-hydroxylation sites is 1. The number of amides is 3. The predicted molar refractivity (Wildman–Crippen MR) is 132 cm³/mol. The number of carbonyl (C=O) groups is 3. The number of imide groups is 1. The summed E-state index contributed by atoms with van der Waals surface area (Å²) in [5.74, 6) is -1.66. The molecule has 3 aromatic rings. The maximum atomic E-state index is 12.7. The lowest BCUT2D eigenvalue weighted by Crippen LogP contribution is -2.41. The molecule has 0 aliphatic carbocycles. The zero-order valence-corrected chi connectivity index (χ0v) is 20.2. The summed E-state index contributed by atoms with van der Waals surface area (Å²) in [7, 11) is -3.88. The van der Waals surface area contributed by atoms with Gasteiger partial charge in [0.25, 0.3) is 15.9 Å². The second kappa shape index (κ2) is 10.8. The number of nitrogens with one attached hydrogen (secondary N) is 3. The standard InChI is InChI=1S/C25H25N3O6S/c1-16-8-7-11-22(17(16)2)28-35(32,33)21-14-12-19(13-15-21)24(30)34-18(3)23(29)27-25(31)26-20-9-5-4-6-10-20/h4-15,18,28H,1-3H3,(H2,26,27,29,31). The van der Waals surface area contributed by atoms with Crippen LogP contribution >= 0.6 is 0 Å². The van der Waals surface area contributed by atoms with Gasteiger partial charge in [-0.15, -0.1) is 0 Å². The highest BCUT2D eigenvalue weighted by atomic mass is 32.2. The maximum Gasteiger partial charge on any atom is 0.338 e. The number of urea groups is 1. The highest BCUT2D eigenvalue weighted by molar-refractivity contribution is 7.92. The Hall–Kier alpha value is -4.18. The molecule has 3 rings (SSSR count). The topological polar surface area (TPSA) is 131 Å². The second-order valence-corrected chi connectivity index (χ2v) is 9.42. The first-order valence-electron chi connectivity index (χ1n) is 10.6. The Bertz CT molecular complexity index is 1340. The van der Waals surface area contributed by atoms with Crippen LogP contribution in [0.4, 0.5) is 16.2 Å². The van der Waals surface area contributed by atoms with Crippen molar-refractivity contribution in [3.8, 4) is 0 Å². The second-order valence-electron chi connectivity index (χ2n) is 7.73. The van der Waals surface area contributed by atoms with Crippen LogP contribution in [0.1, 0.15) is 28.4 Å². The molecule has 1 atom stereocenters. The Morgan fingerprint density at radius 2 is 1.51 bits per heavy atom. The highest BCUT2D eigenvalue weighted by Crippen LogP contribution is 2.22. The maximum absolute atomic E-state index is 12.7. The molecule has 0 radical (unpaired) electrons. The van der Waals surface area contributed by atoms with E-state index in [1.807, 2.05) is 19.9 Å². The van der Waals surface area contributed by atoms with Crippen molar-refractivity contribution in [1.29, 1.82) is 0 Å². The number of benzene rings is 3. The molecule has 3 aromatic carbocycles. The number of rotatable bonds is 7. The van der Waals surface area contributed by atoms with Crippen molar-refractivity contribution < 1.29 is 27.5 Å². The van der Waals surface area contributed by atoms with Crippen LogP contribution in [0.2, 0.25) is 0 Å². The van der Waals surface area contributed by atoms with E-state index in [0.717, 1.165) is 11.1 Å². The third kappa shape index (κ3) is 6.67. The number of hydrogen-bond donors (Lipinski definition) is 3. The predicted octanol–water partition coefficient (Wildman–Crippen LogP) is 4.00. The van der Waals surface area contributed by atoms with E-state index in [1.54, 1.807) is 42.5 Å². The zero-order chi connectivity index (χ0) is 25.6. The van der Waals surface area contributed by atoms with Crippen LogP contribution in [0.15, 0.2) is 77.7 Å². The third-order valence-corrected chi connectivity index (χ3v) is 6.55. The van der Waals surface area contributed by atoms with Gasteiger partial charge in [0.2, 0.25) is 0 Å². The van der Waals surface area contributed by atoms with Crippen molar-refractivity contribution >= 4 is 39.3 Å². The lowest BCUT2D eigenvalue weighted by Gasteiger charge is -2.14. The fraction of sp³-hybridized carbons (Fsp3) is 0.160. The summed E-state index contributed by atoms with van der Waals surface area (Å²) in [6.45, 7) is 5.01. The summed E-state index contributed by atoms with van der Waals surface area (Å²) in [4.78, 5) is 36.5. The smallest absolute Gasteiger partial charge is 0.338 e. The number of anilines is 2. The first-order chi connectivity index (χ1) is 16.6. The number of carbonyl (C=O) groups excluding carboxylic acids is 3. The Morgan fingerprint density at radius 1 is 0.857 bits per heavy atom. The molecule has 182 valence electrons. The lowest BCUT2D eigenvalue weighted by atomic mass is 10.1. The van der Waals surface area contributed by atoms with Gasteiger partial charge in [0.1, 0.15) is 0 Å². The van der Waals surface area contributed by atoms with E-state index in [0.29, 0.717) is 11.4 Å². The van der Waals surface area contributed by atoms with Crippen molar-refractivity contribution in [2.24, 2.45) is 0 Å². The summed E-state index contributed by atoms with van der Waals surface area (Å²) >= 11 is 0. The minimum absolute atomic E-state index is 0.0432. The van der Waals surface area contributed by atoms with Crippen LogP contribution in [0.25, 0.3) is 0 Å². The molecule has 3 N–H and O–H groups in total. The first-order valence-corrected chi connectivity index (χ1v) is 12.1. The van der Waals surface area contributed by atoms with Crippen molar-refractivity contribution in [3.05, 3.63) is 89.5 Å². The van der Waals surface area contributed by atoms with Crippen LogP contribution in [0.5, 0.6) is 0 Å². The van der Waals surface area contributed by atoms with E-state index in [2.05, 4.69) is 15.4 Å². The largest absolute Gasteiger partial charge is 0.449 e. The average Bonchev–Trinajstić information content (AvgIpc) is 2.82. The van der Waals surface area contributed by atoms with Gasteiger partial charge in [-0.2, -0.15) is 0 Å². The molecule has 9 nitrogen and oxygen atoms in total. The fourth-order valence-corrected chi connectivity index (χ4v) is 4.14. The summed E-state index contributed by atoms with van der Waals surface area (Å²) in [5, 5.41) is 4.57. The molecular weight excluding hydrogens is 470 g/mol. The Kier molecular flexibility index (Phi) is 7.87. The third-order valence-electron chi connectivity index (χ3n) is 5.17. The van der Waals surface area contributed by atoms with Gasteiger partial charge in [-0.3, -0.25) is 14.8 Å². The zero-order valence-electron chi connectivity index (χ0n) is 19.4. The molecule has 10 heteroatoms. The highest BCUT2D eigenvalue weighted by Gasteiger charge is 2.22. The monoisotopic (exact) mass is 495 g/mol. The Morgan fingerprint density at radius 3 is 2.17 bits per heavy atom. The summed E-state index contributed by atoms with van der Waals surface area (Å²) in [6, 6.07) is 18.1. The van der Waals surface area contributed by atoms with Gasteiger partial charge in [0.15, 0.2) is 6.10 Å². The van der Waals surface area contributed by atoms with Crippen molar-refractivity contribution in [2.75, 3.05) is 10.0 Å². The average molecular weight is 496 g/mol. The van der Waals surface area contributed by atoms with Gasteiger partial charge in [0, 0.05) is 5.69 Å². The molecular formula is C25H25N3O6S. The number of sulfonamides is 1. The van der Waals surface area contributed by atoms with E-state index in [-0.39, 0.29) is 10.5 Å². The van der Waals surface area contributed by atoms with E-state index >= 15 is 0 Å². The van der Waals surface area contributed by atoms with E-state index in [1.165, 1.54) is 31.2 Å². The Balaban J connectivity index is 1.59. The molecule has 0 saturated heterocycles. The molecule has 35 heavy (non-hydrogen) atoms. The number of hydrogen-bond acceptors (Lipinski definition) is 6. The SMILES string of the molecule is Cc1cccc(NS(=O)(=O)c2ccc(C(=O)OC(C)C(=O)NC(=O)Nc3ccccc3)cc2)c1C. The fourth-order valence-electron chi connectivity index (χ4n) is 3.01. The quantitative estimate of drug-likeness (QED) is 0.425. The molecule has 0 heterocycles. The van der Waals surface area contributed by atoms with E-state index < -0.39 is 34.0 Å². The molecule has 0 bridgehead atoms. The van der Waals surface area contributed by atoms with Crippen LogP contribution in [0.3, 0.4) is 0 Å². The van der Waals surface area contributed by atoms with Gasteiger partial charge < -0.3 is 10.1 Å². The van der Waals surface area contributed by atoms with Gasteiger partial charge >= 0.3 is 12.0 Å². The van der Waals surface area contributed by atoms with Crippen molar-refractivity contribution in [2.45, 2.75) is 31.8 Å². The van der Waals surface area contributed by atoms with Crippen molar-refractivity contribution in [1.82, 2.24) is 5.32 Å².